The van der Waals surface area contributed by atoms with Gasteiger partial charge in [-0.3, -0.25) is 9.88 Å². The van der Waals surface area contributed by atoms with Crippen LogP contribution < -0.4 is 0 Å². The van der Waals surface area contributed by atoms with Crippen molar-refractivity contribution in [3.63, 3.8) is 0 Å². The summed E-state index contributed by atoms with van der Waals surface area (Å²) >= 11 is 1.93. The van der Waals surface area contributed by atoms with Crippen molar-refractivity contribution in [1.82, 2.24) is 9.88 Å². The average molecular weight is 236 g/mol. The van der Waals surface area contributed by atoms with Crippen LogP contribution in [0.3, 0.4) is 0 Å². The zero-order valence-electron chi connectivity index (χ0n) is 9.12. The van der Waals surface area contributed by atoms with Crippen LogP contribution >= 0.6 is 11.8 Å². The van der Waals surface area contributed by atoms with Crippen molar-refractivity contribution < 1.29 is 5.11 Å². The SMILES string of the molecule is OC1CSC2CN(Cc3cccnc3)CC12. The lowest BCUT2D eigenvalue weighted by Gasteiger charge is -2.17. The van der Waals surface area contributed by atoms with Gasteiger partial charge in [-0.1, -0.05) is 6.07 Å². The molecule has 0 radical (unpaired) electrons. The van der Waals surface area contributed by atoms with Crippen molar-refractivity contribution in [3.05, 3.63) is 30.1 Å². The van der Waals surface area contributed by atoms with Crippen LogP contribution in [0, 0.1) is 5.92 Å². The maximum Gasteiger partial charge on any atom is 0.0682 e. The predicted molar refractivity (Wildman–Crippen MR) is 65.3 cm³/mol. The van der Waals surface area contributed by atoms with Gasteiger partial charge in [0.2, 0.25) is 0 Å². The fourth-order valence-corrected chi connectivity index (χ4v) is 4.17. The van der Waals surface area contributed by atoms with E-state index in [1.807, 2.05) is 30.2 Å². The Hall–Kier alpha value is -0.580. The molecule has 2 fully saturated rings. The van der Waals surface area contributed by atoms with Crippen LogP contribution in [-0.2, 0) is 6.54 Å². The first-order valence-electron chi connectivity index (χ1n) is 5.74. The maximum atomic E-state index is 9.82. The summed E-state index contributed by atoms with van der Waals surface area (Å²) in [7, 11) is 0. The number of aromatic nitrogens is 1. The third-order valence-electron chi connectivity index (χ3n) is 3.49. The second-order valence-corrected chi connectivity index (χ2v) is 5.93. The third kappa shape index (κ3) is 1.97. The lowest BCUT2D eigenvalue weighted by atomic mass is 10.0. The highest BCUT2D eigenvalue weighted by Gasteiger charge is 2.42. The number of hydrogen-bond acceptors (Lipinski definition) is 4. The average Bonchev–Trinajstić information content (AvgIpc) is 2.83. The number of pyridine rings is 1. The van der Waals surface area contributed by atoms with Crippen molar-refractivity contribution in [2.24, 2.45) is 5.92 Å². The zero-order chi connectivity index (χ0) is 11.0. The van der Waals surface area contributed by atoms with Gasteiger partial charge >= 0.3 is 0 Å². The summed E-state index contributed by atoms with van der Waals surface area (Å²) in [5, 5.41) is 10.5. The summed E-state index contributed by atoms with van der Waals surface area (Å²) in [5.74, 6) is 1.41. The number of hydrogen-bond donors (Lipinski definition) is 1. The molecule has 0 bridgehead atoms. The Bertz CT molecular complexity index is 359. The number of likely N-dealkylation sites (tertiary alicyclic amines) is 1. The van der Waals surface area contributed by atoms with Crippen LogP contribution in [0.5, 0.6) is 0 Å². The van der Waals surface area contributed by atoms with Gasteiger partial charge in [0, 0.05) is 48.9 Å². The molecule has 3 nitrogen and oxygen atoms in total. The number of aliphatic hydroxyl groups excluding tert-OH is 1. The molecular weight excluding hydrogens is 220 g/mol. The molecule has 0 aromatic carbocycles. The van der Waals surface area contributed by atoms with Gasteiger partial charge in [-0.05, 0) is 11.6 Å². The molecule has 3 heterocycles. The van der Waals surface area contributed by atoms with E-state index in [1.165, 1.54) is 5.56 Å². The predicted octanol–water partition coefficient (Wildman–Crippen LogP) is 0.990. The van der Waals surface area contributed by atoms with E-state index in [4.69, 9.17) is 0 Å². The molecule has 86 valence electrons. The van der Waals surface area contributed by atoms with Gasteiger partial charge in [-0.2, -0.15) is 11.8 Å². The van der Waals surface area contributed by atoms with E-state index in [0.29, 0.717) is 11.2 Å². The topological polar surface area (TPSA) is 36.4 Å². The lowest BCUT2D eigenvalue weighted by molar-refractivity contribution is 0.140. The van der Waals surface area contributed by atoms with E-state index in [1.54, 1.807) is 0 Å². The van der Waals surface area contributed by atoms with E-state index in [2.05, 4.69) is 16.0 Å². The first-order valence-corrected chi connectivity index (χ1v) is 6.79. The summed E-state index contributed by atoms with van der Waals surface area (Å²) in [6.07, 6.45) is 3.65. The molecular formula is C12H16N2OS. The molecule has 3 atom stereocenters. The van der Waals surface area contributed by atoms with Crippen molar-refractivity contribution in [1.29, 1.82) is 0 Å². The Morgan fingerprint density at radius 1 is 1.50 bits per heavy atom. The zero-order valence-corrected chi connectivity index (χ0v) is 9.94. The summed E-state index contributed by atoms with van der Waals surface area (Å²) < 4.78 is 0. The molecule has 0 saturated carbocycles. The van der Waals surface area contributed by atoms with Gasteiger partial charge in [-0.15, -0.1) is 0 Å². The minimum absolute atomic E-state index is 0.0890. The maximum absolute atomic E-state index is 9.82. The first-order chi connectivity index (χ1) is 7.83. The Kier molecular flexibility index (Phi) is 2.88. The number of fused-ring (bicyclic) bond motifs is 1. The number of rotatable bonds is 2. The monoisotopic (exact) mass is 236 g/mol. The smallest absolute Gasteiger partial charge is 0.0682 e. The van der Waals surface area contributed by atoms with Crippen LogP contribution in [0.2, 0.25) is 0 Å². The molecule has 2 aliphatic rings. The van der Waals surface area contributed by atoms with Crippen LogP contribution in [0.25, 0.3) is 0 Å². The van der Waals surface area contributed by atoms with Gasteiger partial charge in [0.15, 0.2) is 0 Å². The van der Waals surface area contributed by atoms with Crippen LogP contribution in [-0.4, -0.2) is 45.2 Å². The van der Waals surface area contributed by atoms with Crippen molar-refractivity contribution in [3.8, 4) is 0 Å². The molecule has 2 saturated heterocycles. The van der Waals surface area contributed by atoms with Gasteiger partial charge in [0.25, 0.3) is 0 Å². The third-order valence-corrected chi connectivity index (χ3v) is 4.95. The summed E-state index contributed by atoms with van der Waals surface area (Å²) in [4.78, 5) is 6.56. The Balaban J connectivity index is 1.63. The highest BCUT2D eigenvalue weighted by atomic mass is 32.2. The minimum atomic E-state index is -0.0890. The first kappa shape index (κ1) is 10.6. The normalized spacial score (nSPS) is 34.2. The van der Waals surface area contributed by atoms with Crippen molar-refractivity contribution in [2.45, 2.75) is 17.9 Å². The Labute approximate surface area is 99.9 Å². The molecule has 0 spiro atoms. The van der Waals surface area contributed by atoms with Gasteiger partial charge in [0.1, 0.15) is 0 Å². The molecule has 2 aliphatic heterocycles. The number of aliphatic hydroxyl groups is 1. The standard InChI is InChI=1S/C12H16N2OS/c15-11-8-16-12-7-14(6-10(11)12)5-9-2-1-3-13-4-9/h1-4,10-12,15H,5-8H2. The van der Waals surface area contributed by atoms with E-state index >= 15 is 0 Å². The fraction of sp³-hybridized carbons (Fsp3) is 0.583. The van der Waals surface area contributed by atoms with Crippen molar-refractivity contribution in [2.75, 3.05) is 18.8 Å². The summed E-state index contributed by atoms with van der Waals surface area (Å²) in [5.41, 5.74) is 1.27. The summed E-state index contributed by atoms with van der Waals surface area (Å²) in [6, 6.07) is 4.10. The fourth-order valence-electron chi connectivity index (χ4n) is 2.65. The highest BCUT2D eigenvalue weighted by Crippen LogP contribution is 2.38. The lowest BCUT2D eigenvalue weighted by Crippen LogP contribution is -2.25. The molecule has 4 heteroatoms. The highest BCUT2D eigenvalue weighted by molar-refractivity contribution is 8.00. The molecule has 0 amide bonds. The Morgan fingerprint density at radius 3 is 3.19 bits per heavy atom. The van der Waals surface area contributed by atoms with Crippen molar-refractivity contribution >= 4 is 11.8 Å². The quantitative estimate of drug-likeness (QED) is 0.831. The summed E-state index contributed by atoms with van der Waals surface area (Å²) in [6.45, 7) is 3.11. The van der Waals surface area contributed by atoms with Gasteiger partial charge < -0.3 is 5.11 Å². The van der Waals surface area contributed by atoms with Crippen LogP contribution in [0.15, 0.2) is 24.5 Å². The van der Waals surface area contributed by atoms with E-state index in [-0.39, 0.29) is 6.10 Å². The minimum Gasteiger partial charge on any atom is -0.392 e. The second kappa shape index (κ2) is 4.35. The largest absolute Gasteiger partial charge is 0.392 e. The van der Waals surface area contributed by atoms with Crippen LogP contribution in [0.1, 0.15) is 5.56 Å². The number of nitrogens with zero attached hydrogens (tertiary/aromatic N) is 2. The van der Waals surface area contributed by atoms with E-state index in [0.717, 1.165) is 25.4 Å². The molecule has 1 aromatic rings. The molecule has 1 N–H and O–H groups in total. The molecule has 3 rings (SSSR count). The second-order valence-electron chi connectivity index (χ2n) is 4.66. The molecule has 1 aromatic heterocycles. The van der Waals surface area contributed by atoms with Gasteiger partial charge in [0.05, 0.1) is 6.10 Å². The molecule has 0 aliphatic carbocycles. The Morgan fingerprint density at radius 2 is 2.44 bits per heavy atom. The van der Waals surface area contributed by atoms with E-state index < -0.39 is 0 Å². The van der Waals surface area contributed by atoms with Crippen LogP contribution in [0.4, 0.5) is 0 Å². The number of thioether (sulfide) groups is 1. The molecule has 3 unspecified atom stereocenters. The van der Waals surface area contributed by atoms with E-state index in [9.17, 15) is 5.11 Å². The van der Waals surface area contributed by atoms with Gasteiger partial charge in [-0.25, -0.2) is 0 Å². The molecule has 16 heavy (non-hydrogen) atoms.